The average Bonchev–Trinajstić information content (AvgIpc) is 2.89. The van der Waals surface area contributed by atoms with E-state index in [4.69, 9.17) is 0 Å². The van der Waals surface area contributed by atoms with Gasteiger partial charge in [-0.15, -0.1) is 0 Å². The van der Waals surface area contributed by atoms with Gasteiger partial charge in [-0.2, -0.15) is 0 Å². The van der Waals surface area contributed by atoms with Crippen LogP contribution in [0.2, 0.25) is 0 Å². The second kappa shape index (κ2) is 7.93. The van der Waals surface area contributed by atoms with Gasteiger partial charge in [-0.1, -0.05) is 77.1 Å². The summed E-state index contributed by atoms with van der Waals surface area (Å²) in [5.74, 6) is 0.601. The fraction of sp³-hybridized carbons (Fsp3) is 0.556. The molecule has 1 atom stereocenters. The molecule has 1 aliphatic heterocycles. The summed E-state index contributed by atoms with van der Waals surface area (Å²) in [6.45, 7) is 17.6. The first-order valence-corrected chi connectivity index (χ1v) is 11.2. The highest BCUT2D eigenvalue weighted by Gasteiger charge is 2.46. The molecule has 152 valence electrons. The maximum Gasteiger partial charge on any atom is 0.0435 e. The number of rotatable bonds is 6. The zero-order valence-corrected chi connectivity index (χ0v) is 19.1. The Bertz CT molecular complexity index is 777. The van der Waals surface area contributed by atoms with E-state index >= 15 is 0 Å². The van der Waals surface area contributed by atoms with Crippen molar-refractivity contribution in [3.8, 4) is 0 Å². The summed E-state index contributed by atoms with van der Waals surface area (Å²) in [4.78, 5) is 2.73. The largest absolute Gasteiger partial charge is 0.365 e. The first kappa shape index (κ1) is 21.0. The number of nitrogens with zero attached hydrogens (tertiary/aromatic N) is 1. The SMILES string of the molecule is CCc1cccc(CC)c1N1C[C@](C)(Cc2ccc(C(C)C)cc2)CC1(C)C. The van der Waals surface area contributed by atoms with Crippen LogP contribution >= 0.6 is 0 Å². The highest BCUT2D eigenvalue weighted by Crippen LogP contribution is 2.47. The minimum Gasteiger partial charge on any atom is -0.365 e. The van der Waals surface area contributed by atoms with E-state index < -0.39 is 0 Å². The van der Waals surface area contributed by atoms with Crippen LogP contribution in [0, 0.1) is 5.41 Å². The maximum atomic E-state index is 2.73. The lowest BCUT2D eigenvalue weighted by molar-refractivity contribution is 0.332. The van der Waals surface area contributed by atoms with E-state index in [-0.39, 0.29) is 5.54 Å². The van der Waals surface area contributed by atoms with Crippen molar-refractivity contribution in [3.63, 3.8) is 0 Å². The van der Waals surface area contributed by atoms with E-state index in [2.05, 4.69) is 95.8 Å². The van der Waals surface area contributed by atoms with Gasteiger partial charge in [0.1, 0.15) is 0 Å². The summed E-state index contributed by atoms with van der Waals surface area (Å²) < 4.78 is 0. The van der Waals surface area contributed by atoms with E-state index in [0.29, 0.717) is 11.3 Å². The van der Waals surface area contributed by atoms with Crippen LogP contribution in [-0.2, 0) is 19.3 Å². The van der Waals surface area contributed by atoms with E-state index in [1.54, 1.807) is 0 Å². The lowest BCUT2D eigenvalue weighted by atomic mass is 9.79. The number of benzene rings is 2. The van der Waals surface area contributed by atoms with Crippen LogP contribution in [-0.4, -0.2) is 12.1 Å². The van der Waals surface area contributed by atoms with Crippen molar-refractivity contribution >= 4 is 5.69 Å². The first-order chi connectivity index (χ1) is 13.2. The third-order valence-electron chi connectivity index (χ3n) is 6.64. The minimum absolute atomic E-state index is 0.182. The molecule has 1 heterocycles. The summed E-state index contributed by atoms with van der Waals surface area (Å²) >= 11 is 0. The van der Waals surface area contributed by atoms with Gasteiger partial charge < -0.3 is 4.90 Å². The van der Waals surface area contributed by atoms with E-state index in [1.807, 2.05) is 0 Å². The lowest BCUT2D eigenvalue weighted by Crippen LogP contribution is -2.39. The van der Waals surface area contributed by atoms with Gasteiger partial charge in [0.25, 0.3) is 0 Å². The van der Waals surface area contributed by atoms with Gasteiger partial charge in [-0.25, -0.2) is 0 Å². The topological polar surface area (TPSA) is 3.24 Å². The Balaban J connectivity index is 1.90. The molecule has 3 rings (SSSR count). The standard InChI is InChI=1S/C27H39N/c1-8-22-11-10-12-23(9-2)25(22)28-19-27(7,18-26(28,5)6)17-21-13-15-24(16-14-21)20(3)4/h10-16,20H,8-9,17-19H2,1-7H3/t27-/m1/s1. The number of hydrogen-bond donors (Lipinski definition) is 0. The second-order valence-electron chi connectivity index (χ2n) is 10.1. The number of para-hydroxylation sites is 1. The Morgan fingerprint density at radius 2 is 1.46 bits per heavy atom. The van der Waals surface area contributed by atoms with Gasteiger partial charge in [0.05, 0.1) is 0 Å². The van der Waals surface area contributed by atoms with Crippen LogP contribution in [0.5, 0.6) is 0 Å². The number of aryl methyl sites for hydroxylation is 2. The summed E-state index contributed by atoms with van der Waals surface area (Å²) in [5, 5.41) is 0. The Morgan fingerprint density at radius 3 is 1.96 bits per heavy atom. The summed E-state index contributed by atoms with van der Waals surface area (Å²) in [5.41, 5.74) is 7.90. The van der Waals surface area contributed by atoms with Crippen molar-refractivity contribution in [2.45, 2.75) is 85.6 Å². The third kappa shape index (κ3) is 4.14. The Hall–Kier alpha value is -1.76. The normalized spacial score (nSPS) is 21.5. The first-order valence-electron chi connectivity index (χ1n) is 11.2. The molecule has 0 spiro atoms. The van der Waals surface area contributed by atoms with Crippen LogP contribution < -0.4 is 4.90 Å². The fourth-order valence-corrected chi connectivity index (χ4v) is 5.37. The van der Waals surface area contributed by atoms with Gasteiger partial charge >= 0.3 is 0 Å². The van der Waals surface area contributed by atoms with Gasteiger partial charge in [-0.05, 0) is 73.1 Å². The summed E-state index contributed by atoms with van der Waals surface area (Å²) in [7, 11) is 0. The Morgan fingerprint density at radius 1 is 0.893 bits per heavy atom. The molecule has 1 fully saturated rings. The smallest absolute Gasteiger partial charge is 0.0435 e. The minimum atomic E-state index is 0.182. The predicted molar refractivity (Wildman–Crippen MR) is 124 cm³/mol. The van der Waals surface area contributed by atoms with Crippen molar-refractivity contribution in [2.75, 3.05) is 11.4 Å². The molecule has 1 saturated heterocycles. The molecular weight excluding hydrogens is 338 g/mol. The van der Waals surface area contributed by atoms with Gasteiger partial charge in [0, 0.05) is 17.8 Å². The van der Waals surface area contributed by atoms with Crippen molar-refractivity contribution in [1.29, 1.82) is 0 Å². The van der Waals surface area contributed by atoms with E-state index in [1.165, 1.54) is 34.4 Å². The van der Waals surface area contributed by atoms with Gasteiger partial charge in [0.15, 0.2) is 0 Å². The molecule has 1 aliphatic rings. The number of anilines is 1. The highest BCUT2D eigenvalue weighted by atomic mass is 15.2. The number of hydrogen-bond acceptors (Lipinski definition) is 1. The second-order valence-corrected chi connectivity index (χ2v) is 10.1. The van der Waals surface area contributed by atoms with E-state index in [9.17, 15) is 0 Å². The molecule has 28 heavy (non-hydrogen) atoms. The Kier molecular flexibility index (Phi) is 5.94. The van der Waals surface area contributed by atoms with Gasteiger partial charge in [-0.3, -0.25) is 0 Å². The highest BCUT2D eigenvalue weighted by molar-refractivity contribution is 5.62. The van der Waals surface area contributed by atoms with Crippen LogP contribution in [0.25, 0.3) is 0 Å². The maximum absolute atomic E-state index is 2.73. The molecule has 0 bridgehead atoms. The molecule has 0 saturated carbocycles. The van der Waals surface area contributed by atoms with Crippen molar-refractivity contribution in [1.82, 2.24) is 0 Å². The van der Waals surface area contributed by atoms with Gasteiger partial charge in [0.2, 0.25) is 0 Å². The molecule has 1 nitrogen and oxygen atoms in total. The molecule has 1 heteroatoms. The van der Waals surface area contributed by atoms with Crippen LogP contribution in [0.15, 0.2) is 42.5 Å². The summed E-state index contributed by atoms with van der Waals surface area (Å²) in [6, 6.07) is 16.2. The van der Waals surface area contributed by atoms with Crippen molar-refractivity contribution in [2.24, 2.45) is 5.41 Å². The summed E-state index contributed by atoms with van der Waals surface area (Å²) in [6.07, 6.45) is 4.58. The zero-order chi connectivity index (χ0) is 20.5. The van der Waals surface area contributed by atoms with Crippen LogP contribution in [0.4, 0.5) is 5.69 Å². The monoisotopic (exact) mass is 377 g/mol. The quantitative estimate of drug-likeness (QED) is 0.515. The van der Waals surface area contributed by atoms with Crippen LogP contribution in [0.1, 0.15) is 83.1 Å². The van der Waals surface area contributed by atoms with Crippen molar-refractivity contribution < 1.29 is 0 Å². The van der Waals surface area contributed by atoms with Crippen LogP contribution in [0.3, 0.4) is 0 Å². The molecule has 0 radical (unpaired) electrons. The molecule has 0 N–H and O–H groups in total. The fourth-order valence-electron chi connectivity index (χ4n) is 5.37. The molecule has 2 aromatic rings. The lowest BCUT2D eigenvalue weighted by Gasteiger charge is -2.36. The third-order valence-corrected chi connectivity index (χ3v) is 6.64. The average molecular weight is 378 g/mol. The molecular formula is C27H39N. The van der Waals surface area contributed by atoms with Crippen molar-refractivity contribution in [3.05, 3.63) is 64.7 Å². The molecule has 2 aromatic carbocycles. The zero-order valence-electron chi connectivity index (χ0n) is 19.1. The molecule has 0 aliphatic carbocycles. The molecule has 0 amide bonds. The van der Waals surface area contributed by atoms with E-state index in [0.717, 1.165) is 25.8 Å². The predicted octanol–water partition coefficient (Wildman–Crippen LogP) is 7.17. The Labute approximate surface area is 173 Å². The molecule has 0 aromatic heterocycles. The molecule has 0 unspecified atom stereocenters.